The molecule has 2 atom stereocenters. The highest BCUT2D eigenvalue weighted by atomic mass is 16.5. The fourth-order valence-electron chi connectivity index (χ4n) is 3.93. The Balaban J connectivity index is 1.41. The summed E-state index contributed by atoms with van der Waals surface area (Å²) in [5, 5.41) is 8.29. The van der Waals surface area contributed by atoms with E-state index in [9.17, 15) is 0 Å². The predicted molar refractivity (Wildman–Crippen MR) is 79.4 cm³/mol. The second kappa shape index (κ2) is 4.29. The molecule has 1 fully saturated rings. The summed E-state index contributed by atoms with van der Waals surface area (Å²) in [6.07, 6.45) is 7.16. The van der Waals surface area contributed by atoms with E-state index in [2.05, 4.69) is 39.5 Å². The number of aryl methyl sites for hydroxylation is 1. The molecule has 2 heterocycles. The molecule has 22 heavy (non-hydrogen) atoms. The average molecular weight is 292 g/mol. The molecule has 110 valence electrons. The van der Waals surface area contributed by atoms with Crippen molar-refractivity contribution in [1.29, 1.82) is 0 Å². The minimum absolute atomic E-state index is 0.256. The Labute approximate surface area is 128 Å². The number of benzene rings is 1. The van der Waals surface area contributed by atoms with Gasteiger partial charge in [-0.25, -0.2) is 0 Å². The van der Waals surface area contributed by atoms with Crippen molar-refractivity contribution in [2.45, 2.75) is 37.1 Å². The zero-order valence-electron chi connectivity index (χ0n) is 12.1. The fourth-order valence-corrected chi connectivity index (χ4v) is 3.93. The van der Waals surface area contributed by atoms with Crippen LogP contribution >= 0.6 is 0 Å². The second-order valence-electron chi connectivity index (χ2n) is 6.32. The number of fused-ring (bicyclic) bond motifs is 2. The fraction of sp³-hybridized carbons (Fsp3) is 0.353. The van der Waals surface area contributed by atoms with Gasteiger partial charge in [-0.3, -0.25) is 4.68 Å². The Kier molecular flexibility index (Phi) is 2.37. The summed E-state index contributed by atoms with van der Waals surface area (Å²) in [7, 11) is 0. The van der Waals surface area contributed by atoms with E-state index in [-0.39, 0.29) is 5.41 Å². The first kappa shape index (κ1) is 12.1. The standard InChI is InChI=1S/C17H16N4O/c1-2-5-13-12(4-1)6-7-17(13)10-14(17)16-19-15(20-22-16)11-21-9-3-8-18-21/h1-5,8-9,14H,6-7,10-11H2. The van der Waals surface area contributed by atoms with Crippen LogP contribution in [0, 0.1) is 0 Å². The van der Waals surface area contributed by atoms with Crippen LogP contribution in [-0.4, -0.2) is 19.9 Å². The van der Waals surface area contributed by atoms with Gasteiger partial charge in [0.1, 0.15) is 6.54 Å². The van der Waals surface area contributed by atoms with E-state index >= 15 is 0 Å². The Morgan fingerprint density at radius 1 is 1.27 bits per heavy atom. The third kappa shape index (κ3) is 1.68. The summed E-state index contributed by atoms with van der Waals surface area (Å²) in [4.78, 5) is 4.60. The summed E-state index contributed by atoms with van der Waals surface area (Å²) in [5.74, 6) is 1.88. The van der Waals surface area contributed by atoms with E-state index in [1.54, 1.807) is 6.20 Å². The van der Waals surface area contributed by atoms with E-state index in [0.29, 0.717) is 18.3 Å². The summed E-state index contributed by atoms with van der Waals surface area (Å²) >= 11 is 0. The maximum atomic E-state index is 5.54. The Morgan fingerprint density at radius 2 is 2.23 bits per heavy atom. The zero-order valence-corrected chi connectivity index (χ0v) is 12.1. The number of rotatable bonds is 3. The van der Waals surface area contributed by atoms with Gasteiger partial charge in [-0.15, -0.1) is 0 Å². The molecule has 2 unspecified atom stereocenters. The summed E-state index contributed by atoms with van der Waals surface area (Å²) < 4.78 is 7.34. The van der Waals surface area contributed by atoms with Crippen LogP contribution in [0.15, 0.2) is 47.2 Å². The van der Waals surface area contributed by atoms with Gasteiger partial charge in [0, 0.05) is 23.7 Å². The Bertz CT molecular complexity index is 823. The van der Waals surface area contributed by atoms with Crippen molar-refractivity contribution >= 4 is 0 Å². The van der Waals surface area contributed by atoms with Crippen molar-refractivity contribution in [1.82, 2.24) is 19.9 Å². The van der Waals surface area contributed by atoms with Crippen LogP contribution in [0.1, 0.15) is 41.6 Å². The maximum Gasteiger partial charge on any atom is 0.230 e. The van der Waals surface area contributed by atoms with Gasteiger partial charge < -0.3 is 4.52 Å². The average Bonchev–Trinajstić information content (AvgIpc) is 2.97. The molecule has 2 aliphatic carbocycles. The Hall–Kier alpha value is -2.43. The molecular weight excluding hydrogens is 276 g/mol. The van der Waals surface area contributed by atoms with Gasteiger partial charge in [0.25, 0.3) is 0 Å². The molecule has 0 radical (unpaired) electrons. The van der Waals surface area contributed by atoms with Crippen molar-refractivity contribution in [3.8, 4) is 0 Å². The molecule has 5 nitrogen and oxygen atoms in total. The largest absolute Gasteiger partial charge is 0.339 e. The van der Waals surface area contributed by atoms with E-state index in [4.69, 9.17) is 4.52 Å². The molecule has 0 amide bonds. The smallest absolute Gasteiger partial charge is 0.230 e. The van der Waals surface area contributed by atoms with Crippen LogP contribution in [0.4, 0.5) is 0 Å². The van der Waals surface area contributed by atoms with Crippen LogP contribution in [0.25, 0.3) is 0 Å². The number of hydrogen-bond acceptors (Lipinski definition) is 4. The number of nitrogens with zero attached hydrogens (tertiary/aromatic N) is 4. The Morgan fingerprint density at radius 3 is 3.14 bits per heavy atom. The maximum absolute atomic E-state index is 5.54. The predicted octanol–water partition coefficient (Wildman–Crippen LogP) is 2.69. The van der Waals surface area contributed by atoms with Gasteiger partial charge in [0.05, 0.1) is 0 Å². The van der Waals surface area contributed by atoms with Crippen LogP contribution < -0.4 is 0 Å². The summed E-state index contributed by atoms with van der Waals surface area (Å²) in [6, 6.07) is 10.7. The minimum Gasteiger partial charge on any atom is -0.339 e. The molecule has 0 N–H and O–H groups in total. The third-order valence-electron chi connectivity index (χ3n) is 5.11. The number of aromatic nitrogens is 4. The van der Waals surface area contributed by atoms with E-state index in [0.717, 1.165) is 12.3 Å². The minimum atomic E-state index is 0.256. The molecule has 5 heteroatoms. The van der Waals surface area contributed by atoms with E-state index < -0.39 is 0 Å². The van der Waals surface area contributed by atoms with Gasteiger partial charge in [-0.05, 0) is 36.5 Å². The second-order valence-corrected chi connectivity index (χ2v) is 6.32. The van der Waals surface area contributed by atoms with Crippen molar-refractivity contribution in [3.05, 3.63) is 65.6 Å². The molecule has 1 saturated carbocycles. The quantitative estimate of drug-likeness (QED) is 0.744. The SMILES string of the molecule is c1ccc2c(c1)CCC21CC1c1nc(Cn2cccn2)no1. The van der Waals surface area contributed by atoms with E-state index in [1.165, 1.54) is 24.0 Å². The monoisotopic (exact) mass is 292 g/mol. The van der Waals surface area contributed by atoms with Crippen molar-refractivity contribution in [2.24, 2.45) is 0 Å². The molecule has 0 saturated heterocycles. The molecule has 2 aliphatic rings. The molecule has 2 aromatic heterocycles. The van der Waals surface area contributed by atoms with Gasteiger partial charge in [0.2, 0.25) is 5.89 Å². The lowest BCUT2D eigenvalue weighted by molar-refractivity contribution is 0.365. The highest BCUT2D eigenvalue weighted by Crippen LogP contribution is 2.65. The van der Waals surface area contributed by atoms with E-state index in [1.807, 2.05) is 16.9 Å². The number of hydrogen-bond donors (Lipinski definition) is 0. The third-order valence-corrected chi connectivity index (χ3v) is 5.11. The highest BCUT2D eigenvalue weighted by molar-refractivity contribution is 5.48. The summed E-state index contributed by atoms with van der Waals surface area (Å²) in [6.45, 7) is 0.562. The molecule has 1 aromatic carbocycles. The molecule has 0 aliphatic heterocycles. The lowest BCUT2D eigenvalue weighted by atomic mass is 9.95. The van der Waals surface area contributed by atoms with Gasteiger partial charge in [-0.1, -0.05) is 29.4 Å². The lowest BCUT2D eigenvalue weighted by Crippen LogP contribution is -2.05. The first-order valence-electron chi connectivity index (χ1n) is 7.73. The first-order chi connectivity index (χ1) is 10.9. The van der Waals surface area contributed by atoms with Gasteiger partial charge in [-0.2, -0.15) is 10.1 Å². The molecular formula is C17H16N4O. The van der Waals surface area contributed by atoms with Crippen LogP contribution in [-0.2, 0) is 18.4 Å². The van der Waals surface area contributed by atoms with Crippen LogP contribution in [0.5, 0.6) is 0 Å². The van der Waals surface area contributed by atoms with Crippen molar-refractivity contribution < 1.29 is 4.52 Å². The van der Waals surface area contributed by atoms with Crippen molar-refractivity contribution in [2.75, 3.05) is 0 Å². The normalized spacial score (nSPS) is 25.5. The lowest BCUT2D eigenvalue weighted by Gasteiger charge is -2.08. The summed E-state index contributed by atoms with van der Waals surface area (Å²) in [5.41, 5.74) is 3.24. The first-order valence-corrected chi connectivity index (χ1v) is 7.73. The molecule has 0 bridgehead atoms. The zero-order chi connectivity index (χ0) is 14.6. The highest BCUT2D eigenvalue weighted by Gasteiger charge is 2.61. The molecule has 1 spiro atoms. The van der Waals surface area contributed by atoms with Gasteiger partial charge in [0.15, 0.2) is 5.82 Å². The van der Waals surface area contributed by atoms with Crippen molar-refractivity contribution in [3.63, 3.8) is 0 Å². The topological polar surface area (TPSA) is 56.7 Å². The molecule has 3 aromatic rings. The van der Waals surface area contributed by atoms with Gasteiger partial charge >= 0.3 is 0 Å². The van der Waals surface area contributed by atoms with Crippen LogP contribution in [0.2, 0.25) is 0 Å². The van der Waals surface area contributed by atoms with Crippen LogP contribution in [0.3, 0.4) is 0 Å². The molecule has 5 rings (SSSR count).